The molecule has 0 heterocycles. The van der Waals surface area contributed by atoms with Gasteiger partial charge < -0.3 is 24.8 Å². The molecular formula is C24H30N2O6. The lowest BCUT2D eigenvalue weighted by Gasteiger charge is -2.15. The van der Waals surface area contributed by atoms with Crippen LogP contribution in [0.5, 0.6) is 17.2 Å². The van der Waals surface area contributed by atoms with Crippen molar-refractivity contribution < 1.29 is 28.6 Å². The topological polar surface area (TPSA) is 103 Å². The van der Waals surface area contributed by atoms with Crippen molar-refractivity contribution in [3.8, 4) is 17.2 Å². The highest BCUT2D eigenvalue weighted by Gasteiger charge is 2.14. The van der Waals surface area contributed by atoms with Crippen LogP contribution in [0, 0.1) is 0 Å². The molecule has 8 nitrogen and oxygen atoms in total. The van der Waals surface area contributed by atoms with Crippen molar-refractivity contribution in [3.05, 3.63) is 42.0 Å². The van der Waals surface area contributed by atoms with Crippen LogP contribution >= 0.6 is 0 Å². The van der Waals surface area contributed by atoms with Crippen molar-refractivity contribution in [1.29, 1.82) is 0 Å². The van der Waals surface area contributed by atoms with Gasteiger partial charge in [-0.1, -0.05) is 6.92 Å². The first-order valence-electron chi connectivity index (χ1n) is 10.6. The monoisotopic (exact) mass is 442 g/mol. The zero-order chi connectivity index (χ0) is 23.5. The summed E-state index contributed by atoms with van der Waals surface area (Å²) < 4.78 is 16.6. The number of carbonyl (C=O) groups excluding carboxylic acids is 3. The lowest BCUT2D eigenvalue weighted by Crippen LogP contribution is -2.21. The highest BCUT2D eigenvalue weighted by Crippen LogP contribution is 2.30. The molecular weight excluding hydrogens is 412 g/mol. The molecule has 0 bridgehead atoms. The van der Waals surface area contributed by atoms with Crippen LogP contribution in [0.3, 0.4) is 0 Å². The fourth-order valence-electron chi connectivity index (χ4n) is 2.93. The summed E-state index contributed by atoms with van der Waals surface area (Å²) in [6, 6.07) is 9.91. The Morgan fingerprint density at radius 2 is 1.53 bits per heavy atom. The Kier molecular flexibility index (Phi) is 9.53. The summed E-state index contributed by atoms with van der Waals surface area (Å²) in [4.78, 5) is 36.4. The third kappa shape index (κ3) is 7.30. The lowest BCUT2D eigenvalue weighted by atomic mass is 10.1. The van der Waals surface area contributed by atoms with Gasteiger partial charge in [0.05, 0.1) is 24.5 Å². The van der Waals surface area contributed by atoms with Gasteiger partial charge in [0.15, 0.2) is 12.4 Å². The minimum atomic E-state index is -0.422. The molecule has 0 aliphatic rings. The van der Waals surface area contributed by atoms with Crippen molar-refractivity contribution in [2.45, 2.75) is 40.5 Å². The summed E-state index contributed by atoms with van der Waals surface area (Å²) in [5.74, 6) is 0.584. The average molecular weight is 443 g/mol. The standard InChI is InChI=1S/C24H30N2O6/c1-5-8-23(28)25-17-9-11-21(19(13-17)16(4)27)32-15-24(29)26-20-14-18(30-6-2)10-12-22(20)31-7-3/h9-14H,5-8,15H2,1-4H3,(H,25,28)(H,26,29). The van der Waals surface area contributed by atoms with Gasteiger partial charge in [0.1, 0.15) is 17.2 Å². The van der Waals surface area contributed by atoms with E-state index in [0.29, 0.717) is 42.5 Å². The number of hydrogen-bond acceptors (Lipinski definition) is 6. The Morgan fingerprint density at radius 3 is 2.19 bits per heavy atom. The maximum Gasteiger partial charge on any atom is 0.262 e. The number of hydrogen-bond donors (Lipinski definition) is 2. The highest BCUT2D eigenvalue weighted by atomic mass is 16.5. The van der Waals surface area contributed by atoms with Crippen LogP contribution in [0.1, 0.15) is 50.9 Å². The Bertz CT molecular complexity index is 958. The first-order valence-corrected chi connectivity index (χ1v) is 10.6. The minimum absolute atomic E-state index is 0.130. The van der Waals surface area contributed by atoms with Gasteiger partial charge in [-0.2, -0.15) is 0 Å². The van der Waals surface area contributed by atoms with E-state index in [1.54, 1.807) is 36.4 Å². The van der Waals surface area contributed by atoms with Gasteiger partial charge in [0.25, 0.3) is 5.91 Å². The molecule has 172 valence electrons. The van der Waals surface area contributed by atoms with E-state index in [9.17, 15) is 14.4 Å². The number of nitrogens with one attached hydrogen (secondary N) is 2. The number of ketones is 1. The van der Waals surface area contributed by atoms with Crippen molar-refractivity contribution in [3.63, 3.8) is 0 Å². The summed E-state index contributed by atoms with van der Waals surface area (Å²) in [6.07, 6.45) is 1.11. The maximum atomic E-state index is 12.5. The normalized spacial score (nSPS) is 10.2. The third-order valence-corrected chi connectivity index (χ3v) is 4.31. The number of carbonyl (C=O) groups is 3. The zero-order valence-electron chi connectivity index (χ0n) is 18.9. The number of benzene rings is 2. The largest absolute Gasteiger partial charge is 0.494 e. The molecule has 0 saturated heterocycles. The van der Waals surface area contributed by atoms with E-state index in [0.717, 1.165) is 6.42 Å². The predicted molar refractivity (Wildman–Crippen MR) is 123 cm³/mol. The molecule has 0 unspecified atom stereocenters. The quantitative estimate of drug-likeness (QED) is 0.471. The molecule has 32 heavy (non-hydrogen) atoms. The molecule has 2 amide bonds. The van der Waals surface area contributed by atoms with E-state index in [1.165, 1.54) is 6.92 Å². The molecule has 0 saturated carbocycles. The Balaban J connectivity index is 2.09. The van der Waals surface area contributed by atoms with Crippen molar-refractivity contribution >= 4 is 29.0 Å². The minimum Gasteiger partial charge on any atom is -0.494 e. The number of rotatable bonds is 12. The second-order valence-corrected chi connectivity index (χ2v) is 6.93. The predicted octanol–water partition coefficient (Wildman–Crippen LogP) is 4.44. The highest BCUT2D eigenvalue weighted by molar-refractivity contribution is 6.00. The number of anilines is 2. The summed E-state index contributed by atoms with van der Waals surface area (Å²) in [5.41, 5.74) is 1.24. The smallest absolute Gasteiger partial charge is 0.262 e. The van der Waals surface area contributed by atoms with Crippen molar-refractivity contribution in [2.75, 3.05) is 30.5 Å². The summed E-state index contributed by atoms with van der Waals surface area (Å²) in [6.45, 7) is 7.65. The average Bonchev–Trinajstić information content (AvgIpc) is 2.75. The zero-order valence-corrected chi connectivity index (χ0v) is 18.9. The van der Waals surface area contributed by atoms with Crippen LogP contribution < -0.4 is 24.8 Å². The van der Waals surface area contributed by atoms with E-state index in [4.69, 9.17) is 14.2 Å². The fourth-order valence-corrected chi connectivity index (χ4v) is 2.93. The van der Waals surface area contributed by atoms with Gasteiger partial charge >= 0.3 is 0 Å². The van der Waals surface area contributed by atoms with E-state index in [1.807, 2.05) is 20.8 Å². The summed E-state index contributed by atoms with van der Waals surface area (Å²) in [5, 5.41) is 5.50. The van der Waals surface area contributed by atoms with Gasteiger partial charge in [-0.15, -0.1) is 0 Å². The second kappa shape index (κ2) is 12.3. The van der Waals surface area contributed by atoms with Crippen LogP contribution in [0.2, 0.25) is 0 Å². The molecule has 2 aromatic rings. The number of ether oxygens (including phenoxy) is 3. The van der Waals surface area contributed by atoms with E-state index < -0.39 is 5.91 Å². The van der Waals surface area contributed by atoms with Crippen LogP contribution in [0.15, 0.2) is 36.4 Å². The third-order valence-electron chi connectivity index (χ3n) is 4.31. The number of amides is 2. The van der Waals surface area contributed by atoms with Gasteiger partial charge in [0.2, 0.25) is 5.91 Å². The molecule has 0 fully saturated rings. The molecule has 0 radical (unpaired) electrons. The van der Waals surface area contributed by atoms with Gasteiger partial charge in [-0.25, -0.2) is 0 Å². The Morgan fingerprint density at radius 1 is 0.812 bits per heavy atom. The SMILES string of the molecule is CCCC(=O)Nc1ccc(OCC(=O)Nc2cc(OCC)ccc2OCC)c(C(C)=O)c1. The first-order chi connectivity index (χ1) is 15.4. The second-order valence-electron chi connectivity index (χ2n) is 6.93. The Hall–Kier alpha value is -3.55. The van der Waals surface area contributed by atoms with Crippen molar-refractivity contribution in [2.24, 2.45) is 0 Å². The van der Waals surface area contributed by atoms with E-state index in [-0.39, 0.29) is 29.6 Å². The van der Waals surface area contributed by atoms with Crippen LogP contribution in [-0.4, -0.2) is 37.4 Å². The lowest BCUT2D eigenvalue weighted by molar-refractivity contribution is -0.118. The van der Waals surface area contributed by atoms with Crippen LogP contribution in [-0.2, 0) is 9.59 Å². The molecule has 8 heteroatoms. The molecule has 2 rings (SSSR count). The van der Waals surface area contributed by atoms with E-state index >= 15 is 0 Å². The molecule has 0 atom stereocenters. The molecule has 0 aliphatic heterocycles. The molecule has 2 aromatic carbocycles. The van der Waals surface area contributed by atoms with Gasteiger partial charge in [0, 0.05) is 18.2 Å². The molecule has 2 N–H and O–H groups in total. The number of Topliss-reactive ketones (excluding diaryl/α,β-unsaturated/α-hetero) is 1. The fraction of sp³-hybridized carbons (Fsp3) is 0.375. The van der Waals surface area contributed by atoms with E-state index in [2.05, 4.69) is 10.6 Å². The van der Waals surface area contributed by atoms with Gasteiger partial charge in [-0.05, 0) is 57.5 Å². The van der Waals surface area contributed by atoms with Crippen molar-refractivity contribution in [1.82, 2.24) is 0 Å². The Labute approximate surface area is 188 Å². The van der Waals surface area contributed by atoms with Gasteiger partial charge in [-0.3, -0.25) is 14.4 Å². The van der Waals surface area contributed by atoms with Crippen LogP contribution in [0.4, 0.5) is 11.4 Å². The molecule has 0 aliphatic carbocycles. The first kappa shape index (κ1) is 24.7. The maximum absolute atomic E-state index is 12.5. The summed E-state index contributed by atoms with van der Waals surface area (Å²) in [7, 11) is 0. The molecule has 0 aromatic heterocycles. The van der Waals surface area contributed by atoms with Crippen LogP contribution in [0.25, 0.3) is 0 Å². The summed E-state index contributed by atoms with van der Waals surface area (Å²) >= 11 is 0. The molecule has 0 spiro atoms.